The molecule has 0 amide bonds. The Kier molecular flexibility index (Phi) is 2.45. The van der Waals surface area contributed by atoms with Crippen molar-refractivity contribution in [2.24, 2.45) is 0 Å². The molecule has 5 atom stereocenters. The van der Waals surface area contributed by atoms with Crippen molar-refractivity contribution in [2.45, 2.75) is 68.7 Å². The zero-order chi connectivity index (χ0) is 12.1. The lowest BCUT2D eigenvalue weighted by Crippen LogP contribution is -2.16. The van der Waals surface area contributed by atoms with E-state index in [4.69, 9.17) is 9.26 Å². The molecule has 2 bridgehead atoms. The van der Waals surface area contributed by atoms with Gasteiger partial charge in [0.2, 0.25) is 5.89 Å². The molecule has 1 saturated carbocycles. The zero-order valence-electron chi connectivity index (χ0n) is 10.3. The molecule has 3 aliphatic rings. The van der Waals surface area contributed by atoms with E-state index >= 15 is 0 Å². The number of aliphatic hydroxyl groups excluding tert-OH is 1. The van der Waals surface area contributed by atoms with E-state index in [0.717, 1.165) is 37.9 Å². The fraction of sp³-hybridized carbons (Fsp3) is 0.846. The van der Waals surface area contributed by atoms with Gasteiger partial charge in [-0.1, -0.05) is 5.16 Å². The molecule has 4 rings (SSSR count). The Morgan fingerprint density at radius 3 is 2.72 bits per heavy atom. The minimum absolute atomic E-state index is 0.0470. The summed E-state index contributed by atoms with van der Waals surface area (Å²) in [6.07, 6.45) is 6.54. The van der Waals surface area contributed by atoms with Crippen LogP contribution in [0.15, 0.2) is 4.52 Å². The zero-order valence-corrected chi connectivity index (χ0v) is 10.3. The van der Waals surface area contributed by atoms with Crippen molar-refractivity contribution in [1.82, 2.24) is 10.1 Å². The van der Waals surface area contributed by atoms with Crippen LogP contribution in [0.4, 0.5) is 0 Å². The first kappa shape index (κ1) is 10.9. The third-order valence-corrected chi connectivity index (χ3v) is 4.69. The first-order valence-electron chi connectivity index (χ1n) is 6.98. The van der Waals surface area contributed by atoms with Gasteiger partial charge in [-0.05, 0) is 38.5 Å². The number of nitrogens with zero attached hydrogens (tertiary/aromatic N) is 2. The van der Waals surface area contributed by atoms with Crippen molar-refractivity contribution in [3.63, 3.8) is 0 Å². The SMILES string of the molecule is OC1CCCC1c1nc(C2CC3CCC2O3)no1. The Morgan fingerprint density at radius 2 is 2.06 bits per heavy atom. The third kappa shape index (κ3) is 1.61. The summed E-state index contributed by atoms with van der Waals surface area (Å²) in [4.78, 5) is 4.53. The average molecular weight is 250 g/mol. The molecule has 2 aliphatic heterocycles. The molecule has 3 heterocycles. The summed E-state index contributed by atoms with van der Waals surface area (Å²) < 4.78 is 11.2. The van der Waals surface area contributed by atoms with Gasteiger partial charge in [-0.25, -0.2) is 0 Å². The van der Waals surface area contributed by atoms with Crippen LogP contribution < -0.4 is 0 Å². The van der Waals surface area contributed by atoms with E-state index in [9.17, 15) is 5.11 Å². The molecular formula is C13H18N2O3. The van der Waals surface area contributed by atoms with E-state index in [1.54, 1.807) is 0 Å². The van der Waals surface area contributed by atoms with Gasteiger partial charge in [0, 0.05) is 0 Å². The van der Waals surface area contributed by atoms with Gasteiger partial charge in [-0.3, -0.25) is 0 Å². The van der Waals surface area contributed by atoms with Crippen LogP contribution in [0.2, 0.25) is 0 Å². The molecule has 98 valence electrons. The van der Waals surface area contributed by atoms with E-state index in [1.807, 2.05) is 0 Å². The highest BCUT2D eigenvalue weighted by Gasteiger charge is 2.44. The predicted octanol–water partition coefficient (Wildman–Crippen LogP) is 1.73. The molecule has 3 fully saturated rings. The number of aliphatic hydroxyl groups is 1. The van der Waals surface area contributed by atoms with Gasteiger partial charge < -0.3 is 14.4 Å². The van der Waals surface area contributed by atoms with Crippen molar-refractivity contribution in [3.8, 4) is 0 Å². The van der Waals surface area contributed by atoms with Crippen molar-refractivity contribution in [1.29, 1.82) is 0 Å². The van der Waals surface area contributed by atoms with Crippen LogP contribution >= 0.6 is 0 Å². The van der Waals surface area contributed by atoms with Crippen LogP contribution in [0.5, 0.6) is 0 Å². The molecule has 0 radical (unpaired) electrons. The molecule has 1 aromatic heterocycles. The normalized spacial score (nSPS) is 42.8. The number of ether oxygens (including phenoxy) is 1. The summed E-state index contributed by atoms with van der Waals surface area (Å²) >= 11 is 0. The minimum atomic E-state index is -0.311. The summed E-state index contributed by atoms with van der Waals surface area (Å²) in [6.45, 7) is 0. The number of fused-ring (bicyclic) bond motifs is 2. The number of rotatable bonds is 2. The van der Waals surface area contributed by atoms with Gasteiger partial charge in [0.05, 0.1) is 30.1 Å². The molecule has 18 heavy (non-hydrogen) atoms. The Bertz CT molecular complexity index is 447. The molecule has 5 nitrogen and oxygen atoms in total. The highest BCUT2D eigenvalue weighted by molar-refractivity contribution is 5.09. The maximum absolute atomic E-state index is 9.87. The second-order valence-corrected chi connectivity index (χ2v) is 5.81. The van der Waals surface area contributed by atoms with Crippen LogP contribution in [0, 0.1) is 0 Å². The van der Waals surface area contributed by atoms with Crippen LogP contribution in [-0.2, 0) is 4.74 Å². The van der Waals surface area contributed by atoms with Crippen LogP contribution in [-0.4, -0.2) is 33.6 Å². The monoisotopic (exact) mass is 250 g/mol. The topological polar surface area (TPSA) is 68.4 Å². The second-order valence-electron chi connectivity index (χ2n) is 5.81. The van der Waals surface area contributed by atoms with Crippen molar-refractivity contribution in [2.75, 3.05) is 0 Å². The van der Waals surface area contributed by atoms with Crippen LogP contribution in [0.1, 0.15) is 62.1 Å². The third-order valence-electron chi connectivity index (χ3n) is 4.69. The molecule has 1 aliphatic carbocycles. The Balaban J connectivity index is 1.55. The van der Waals surface area contributed by atoms with Gasteiger partial charge in [-0.15, -0.1) is 0 Å². The van der Waals surface area contributed by atoms with E-state index in [-0.39, 0.29) is 18.1 Å². The quantitative estimate of drug-likeness (QED) is 0.865. The van der Waals surface area contributed by atoms with E-state index in [1.165, 1.54) is 6.42 Å². The highest BCUT2D eigenvalue weighted by Crippen LogP contribution is 2.44. The first-order chi connectivity index (χ1) is 8.81. The Morgan fingerprint density at radius 1 is 1.11 bits per heavy atom. The summed E-state index contributed by atoms with van der Waals surface area (Å²) in [5.74, 6) is 1.76. The number of aromatic nitrogens is 2. The van der Waals surface area contributed by atoms with Gasteiger partial charge >= 0.3 is 0 Å². The first-order valence-corrected chi connectivity index (χ1v) is 6.98. The lowest BCUT2D eigenvalue weighted by atomic mass is 9.89. The fourth-order valence-corrected chi connectivity index (χ4v) is 3.69. The lowest BCUT2D eigenvalue weighted by molar-refractivity contribution is 0.0996. The fourth-order valence-electron chi connectivity index (χ4n) is 3.69. The van der Waals surface area contributed by atoms with Crippen molar-refractivity contribution < 1.29 is 14.4 Å². The molecule has 5 heteroatoms. The highest BCUT2D eigenvalue weighted by atomic mass is 16.5. The van der Waals surface area contributed by atoms with Crippen molar-refractivity contribution in [3.05, 3.63) is 11.7 Å². The number of hydrogen-bond donors (Lipinski definition) is 1. The average Bonchev–Trinajstić information content (AvgIpc) is 3.12. The minimum Gasteiger partial charge on any atom is -0.392 e. The summed E-state index contributed by atoms with van der Waals surface area (Å²) in [7, 11) is 0. The predicted molar refractivity (Wildman–Crippen MR) is 62.1 cm³/mol. The van der Waals surface area contributed by atoms with Crippen LogP contribution in [0.25, 0.3) is 0 Å². The Labute approximate surface area is 106 Å². The molecule has 1 aromatic rings. The largest absolute Gasteiger partial charge is 0.392 e. The van der Waals surface area contributed by atoms with Crippen LogP contribution in [0.3, 0.4) is 0 Å². The summed E-state index contributed by atoms with van der Waals surface area (Å²) in [5.41, 5.74) is 0. The smallest absolute Gasteiger partial charge is 0.232 e. The molecule has 5 unspecified atom stereocenters. The lowest BCUT2D eigenvalue weighted by Gasteiger charge is -2.14. The van der Waals surface area contributed by atoms with Gasteiger partial charge in [0.25, 0.3) is 0 Å². The second kappa shape index (κ2) is 4.03. The maximum Gasteiger partial charge on any atom is 0.232 e. The molecule has 1 N–H and O–H groups in total. The number of hydrogen-bond acceptors (Lipinski definition) is 5. The molecule has 2 saturated heterocycles. The molecular weight excluding hydrogens is 232 g/mol. The van der Waals surface area contributed by atoms with Crippen molar-refractivity contribution >= 4 is 0 Å². The van der Waals surface area contributed by atoms with Gasteiger partial charge in [0.1, 0.15) is 0 Å². The van der Waals surface area contributed by atoms with E-state index < -0.39 is 0 Å². The molecule has 0 spiro atoms. The summed E-state index contributed by atoms with van der Waals surface area (Å²) in [5, 5.41) is 14.0. The van der Waals surface area contributed by atoms with Gasteiger partial charge in [-0.2, -0.15) is 4.98 Å². The van der Waals surface area contributed by atoms with E-state index in [0.29, 0.717) is 17.9 Å². The van der Waals surface area contributed by atoms with E-state index in [2.05, 4.69) is 10.1 Å². The standard InChI is InChI=1S/C13H18N2O3/c16-10-3-1-2-8(10)13-14-12(15-18-13)9-6-7-4-5-11(9)17-7/h7-11,16H,1-6H2. The summed E-state index contributed by atoms with van der Waals surface area (Å²) in [6, 6.07) is 0. The Hall–Kier alpha value is -0.940. The van der Waals surface area contributed by atoms with Gasteiger partial charge in [0.15, 0.2) is 5.82 Å². The maximum atomic E-state index is 9.87. The molecule has 0 aromatic carbocycles.